The molecule has 0 aromatic heterocycles. The lowest BCUT2D eigenvalue weighted by Gasteiger charge is -2.38. The van der Waals surface area contributed by atoms with Gasteiger partial charge in [0.25, 0.3) is 0 Å². The summed E-state index contributed by atoms with van der Waals surface area (Å²) in [5.41, 5.74) is 0.689. The Labute approximate surface area is 218 Å². The zero-order valence-corrected chi connectivity index (χ0v) is 21.8. The van der Waals surface area contributed by atoms with Crippen molar-refractivity contribution < 1.29 is 32.5 Å². The number of aliphatic hydroxyl groups excluding tert-OH is 1. The molecule has 1 unspecified atom stereocenters. The van der Waals surface area contributed by atoms with Crippen LogP contribution in [0.1, 0.15) is 24.8 Å². The van der Waals surface area contributed by atoms with Gasteiger partial charge >= 0.3 is 6.09 Å². The molecule has 10 nitrogen and oxygen atoms in total. The summed E-state index contributed by atoms with van der Waals surface area (Å²) in [6, 6.07) is 15.8. The van der Waals surface area contributed by atoms with Gasteiger partial charge in [-0.15, -0.1) is 0 Å². The van der Waals surface area contributed by atoms with E-state index in [2.05, 4.69) is 10.0 Å². The fourth-order valence-corrected chi connectivity index (χ4v) is 5.40. The number of likely N-dealkylation sites (tertiary alicyclic amines) is 1. The quantitative estimate of drug-likeness (QED) is 0.423. The number of hydrogen-bond acceptors (Lipinski definition) is 8. The largest absolute Gasteiger partial charge is 0.491 e. The average molecular weight is 534 g/mol. The maximum Gasteiger partial charge on any atom is 0.410 e. The second-order valence-electron chi connectivity index (χ2n) is 9.48. The molecule has 0 saturated carbocycles. The van der Waals surface area contributed by atoms with Crippen LogP contribution in [0.5, 0.6) is 5.75 Å². The van der Waals surface area contributed by atoms with Crippen LogP contribution < -0.4 is 14.8 Å². The van der Waals surface area contributed by atoms with E-state index >= 15 is 0 Å². The lowest BCUT2D eigenvalue weighted by Crippen LogP contribution is -2.47. The molecule has 2 saturated heterocycles. The van der Waals surface area contributed by atoms with Crippen molar-refractivity contribution in [3.8, 4) is 5.75 Å². The highest BCUT2D eigenvalue weighted by Gasteiger charge is 2.43. The molecule has 2 heterocycles. The van der Waals surface area contributed by atoms with E-state index in [1.54, 1.807) is 17.0 Å². The number of aliphatic hydroxyl groups is 1. The van der Waals surface area contributed by atoms with Gasteiger partial charge in [-0.05, 0) is 44.0 Å². The van der Waals surface area contributed by atoms with Gasteiger partial charge in [0.15, 0.2) is 0 Å². The van der Waals surface area contributed by atoms with Crippen molar-refractivity contribution in [2.24, 2.45) is 0 Å². The Hall–Kier alpha value is -2.70. The van der Waals surface area contributed by atoms with Crippen molar-refractivity contribution in [3.05, 3.63) is 60.2 Å². The van der Waals surface area contributed by atoms with Crippen LogP contribution in [0.2, 0.25) is 0 Å². The van der Waals surface area contributed by atoms with Crippen molar-refractivity contribution in [2.75, 3.05) is 39.9 Å². The molecular formula is C26H35N3O7S. The molecule has 0 aliphatic carbocycles. The van der Waals surface area contributed by atoms with Crippen molar-refractivity contribution >= 4 is 16.1 Å². The minimum absolute atomic E-state index is 0.0226. The van der Waals surface area contributed by atoms with Crippen molar-refractivity contribution in [1.29, 1.82) is 0 Å². The maximum atomic E-state index is 12.4. The van der Waals surface area contributed by atoms with E-state index in [1.807, 2.05) is 30.3 Å². The first-order valence-electron chi connectivity index (χ1n) is 12.5. The zero-order chi connectivity index (χ0) is 26.3. The van der Waals surface area contributed by atoms with Gasteiger partial charge in [-0.25, -0.2) is 17.9 Å². The van der Waals surface area contributed by atoms with Crippen LogP contribution in [0.15, 0.2) is 59.5 Å². The Kier molecular flexibility index (Phi) is 9.04. The minimum Gasteiger partial charge on any atom is -0.491 e. The monoisotopic (exact) mass is 533 g/mol. The fourth-order valence-electron chi connectivity index (χ4n) is 4.63. The van der Waals surface area contributed by atoms with E-state index in [1.165, 1.54) is 19.2 Å². The maximum absolute atomic E-state index is 12.4. The third kappa shape index (κ3) is 7.42. The van der Waals surface area contributed by atoms with Crippen LogP contribution >= 0.6 is 0 Å². The topological polar surface area (TPSA) is 126 Å². The van der Waals surface area contributed by atoms with Gasteiger partial charge in [0, 0.05) is 31.7 Å². The van der Waals surface area contributed by atoms with Crippen LogP contribution in [0.25, 0.3) is 0 Å². The summed E-state index contributed by atoms with van der Waals surface area (Å²) < 4.78 is 43.3. The summed E-state index contributed by atoms with van der Waals surface area (Å²) in [5.74, 6) is 0.368. The summed E-state index contributed by atoms with van der Waals surface area (Å²) in [5, 5.41) is 13.7. The lowest BCUT2D eigenvalue weighted by molar-refractivity contribution is -0.0422. The lowest BCUT2D eigenvalue weighted by atomic mass is 9.87. The Morgan fingerprint density at radius 1 is 1.19 bits per heavy atom. The SMILES string of the molecule is CNS(=O)(=O)c1cccc(OC[C@@H](O)CNC2COC3(CCN(C(=O)OCc4ccccc4)CC3)C2)c1. The number of hydrogen-bond donors (Lipinski definition) is 3. The second-order valence-corrected chi connectivity index (χ2v) is 11.4. The van der Waals surface area contributed by atoms with Gasteiger partial charge in [0.1, 0.15) is 25.1 Å². The van der Waals surface area contributed by atoms with Crippen molar-refractivity contribution in [3.63, 3.8) is 0 Å². The molecule has 4 rings (SSSR count). The highest BCUT2D eigenvalue weighted by molar-refractivity contribution is 7.89. The number of piperidine rings is 1. The number of amides is 1. The second kappa shape index (κ2) is 12.2. The summed E-state index contributed by atoms with van der Waals surface area (Å²) in [6.45, 7) is 2.30. The third-order valence-corrected chi connectivity index (χ3v) is 8.23. The smallest absolute Gasteiger partial charge is 0.410 e. The number of carbonyl (C=O) groups excluding carboxylic acids is 1. The molecule has 2 fully saturated rings. The third-order valence-electron chi connectivity index (χ3n) is 6.82. The van der Waals surface area contributed by atoms with Crippen molar-refractivity contribution in [1.82, 2.24) is 14.9 Å². The zero-order valence-electron chi connectivity index (χ0n) is 21.0. The molecule has 202 valence electrons. The molecule has 37 heavy (non-hydrogen) atoms. The Balaban J connectivity index is 1.16. The van der Waals surface area contributed by atoms with Crippen LogP contribution in [0.3, 0.4) is 0 Å². The molecule has 0 bridgehead atoms. The molecule has 2 aliphatic rings. The van der Waals surface area contributed by atoms with Gasteiger partial charge in [0.05, 0.1) is 17.1 Å². The number of rotatable bonds is 10. The predicted octanol–water partition coefficient (Wildman–Crippen LogP) is 1.88. The van der Waals surface area contributed by atoms with Gasteiger partial charge in [-0.2, -0.15) is 0 Å². The molecule has 2 aromatic carbocycles. The summed E-state index contributed by atoms with van der Waals surface area (Å²) in [7, 11) is -2.22. The van der Waals surface area contributed by atoms with Crippen LogP contribution in [0.4, 0.5) is 4.79 Å². The molecule has 3 N–H and O–H groups in total. The van der Waals surface area contributed by atoms with E-state index in [9.17, 15) is 18.3 Å². The van der Waals surface area contributed by atoms with E-state index in [0.29, 0.717) is 32.0 Å². The highest BCUT2D eigenvalue weighted by atomic mass is 32.2. The minimum atomic E-state index is -3.56. The van der Waals surface area contributed by atoms with Crippen LogP contribution in [0, 0.1) is 0 Å². The van der Waals surface area contributed by atoms with E-state index in [-0.39, 0.29) is 35.8 Å². The molecule has 2 aliphatic heterocycles. The molecule has 11 heteroatoms. The highest BCUT2D eigenvalue weighted by Crippen LogP contribution is 2.36. The first-order chi connectivity index (χ1) is 17.8. The van der Waals surface area contributed by atoms with Gasteiger partial charge in [0.2, 0.25) is 10.0 Å². The molecule has 1 amide bonds. The van der Waals surface area contributed by atoms with Gasteiger partial charge < -0.3 is 29.5 Å². The Morgan fingerprint density at radius 3 is 2.68 bits per heavy atom. The molecule has 1 spiro atoms. The number of carbonyl (C=O) groups is 1. The molecule has 2 atom stereocenters. The first-order valence-corrected chi connectivity index (χ1v) is 13.9. The molecular weight excluding hydrogens is 498 g/mol. The van der Waals surface area contributed by atoms with E-state index < -0.39 is 16.1 Å². The Morgan fingerprint density at radius 2 is 1.95 bits per heavy atom. The fraction of sp³-hybridized carbons (Fsp3) is 0.500. The van der Waals surface area contributed by atoms with E-state index in [4.69, 9.17) is 14.2 Å². The summed E-state index contributed by atoms with van der Waals surface area (Å²) in [6.07, 6.45) is 1.20. The molecule has 2 aromatic rings. The first kappa shape index (κ1) is 27.3. The van der Waals surface area contributed by atoms with Crippen LogP contribution in [-0.2, 0) is 26.1 Å². The Bertz CT molecular complexity index is 1140. The predicted molar refractivity (Wildman–Crippen MR) is 137 cm³/mol. The standard InChI is InChI=1S/C26H35N3O7S/c1-27-37(32,33)24-9-5-8-23(14-24)34-19-22(30)16-28-21-15-26(36-18-21)10-12-29(13-11-26)25(31)35-17-20-6-3-2-4-7-20/h2-9,14,21-22,27-28,30H,10-13,15-19H2,1H3/t21?,22-/m0/s1. The average Bonchev–Trinajstić information content (AvgIpc) is 3.32. The van der Waals surface area contributed by atoms with Gasteiger partial charge in [-0.1, -0.05) is 36.4 Å². The summed E-state index contributed by atoms with van der Waals surface area (Å²) in [4.78, 5) is 14.3. The molecule has 0 radical (unpaired) electrons. The number of nitrogens with one attached hydrogen (secondary N) is 2. The number of benzene rings is 2. The summed E-state index contributed by atoms with van der Waals surface area (Å²) >= 11 is 0. The normalized spacial score (nSPS) is 20.1. The number of sulfonamides is 1. The van der Waals surface area contributed by atoms with Gasteiger partial charge in [-0.3, -0.25) is 0 Å². The van der Waals surface area contributed by atoms with Crippen molar-refractivity contribution in [2.45, 2.75) is 48.5 Å². The number of nitrogens with zero attached hydrogens (tertiary/aromatic N) is 1. The van der Waals surface area contributed by atoms with Crippen LogP contribution in [-0.4, -0.2) is 82.2 Å². The van der Waals surface area contributed by atoms with E-state index in [0.717, 1.165) is 24.8 Å². The number of ether oxygens (including phenoxy) is 3.